The second-order valence-corrected chi connectivity index (χ2v) is 21.6. The van der Waals surface area contributed by atoms with Gasteiger partial charge in [-0.2, -0.15) is 0 Å². The molecule has 4 unspecified atom stereocenters. The molecular weight excluding hydrogens is 951 g/mol. The Balaban J connectivity index is -0.000000215. The molecule has 0 rings (SSSR count). The zero-order valence-electron chi connectivity index (χ0n) is 40.9. The van der Waals surface area contributed by atoms with Crippen LogP contribution in [0.25, 0.3) is 0 Å². The molecule has 4 N–H and O–H groups in total. The Kier molecular flexibility index (Phi) is 69.0. The number of unbranched alkanes of at least 4 members (excludes halogenated alkanes) is 9. The number of hydrogen-bond acceptors (Lipinski definition) is 8. The van der Waals surface area contributed by atoms with Crippen molar-refractivity contribution in [3.8, 4) is 0 Å². The van der Waals surface area contributed by atoms with E-state index in [2.05, 4.69) is 62.3 Å². The number of rotatable bonds is 38. The molecule has 0 aliphatic rings. The van der Waals surface area contributed by atoms with Crippen molar-refractivity contribution in [1.29, 1.82) is 0 Å². The van der Waals surface area contributed by atoms with Crippen molar-refractivity contribution in [3.05, 3.63) is 0 Å². The molecule has 0 fully saturated rings. The van der Waals surface area contributed by atoms with Gasteiger partial charge >= 0.3 is 96.3 Å². The van der Waals surface area contributed by atoms with Crippen molar-refractivity contribution in [3.63, 3.8) is 0 Å². The van der Waals surface area contributed by atoms with Gasteiger partial charge in [-0.05, 0) is 72.4 Å². The first-order valence-electron chi connectivity index (χ1n) is 24.1. The van der Waals surface area contributed by atoms with Crippen molar-refractivity contribution < 1.29 is 39.6 Å². The SMILES string of the molecule is CCCCC(CC)CSCC(=O)O.CCCCC(CC)CSCC(=O)O.CCCCC(CC)CSCC(=O)O.CCCCC(CC)CSCC(=O)O.CCCCCCC[CH2][SnH]. The van der Waals surface area contributed by atoms with Gasteiger partial charge in [0.2, 0.25) is 0 Å². The van der Waals surface area contributed by atoms with E-state index in [4.69, 9.17) is 20.4 Å². The Labute approximate surface area is 407 Å². The fraction of sp³-hybridized carbons (Fsp3) is 0.917. The van der Waals surface area contributed by atoms with Crippen molar-refractivity contribution in [2.24, 2.45) is 23.7 Å². The number of hydrogen-bond donors (Lipinski definition) is 4. The summed E-state index contributed by atoms with van der Waals surface area (Å²) < 4.78 is 1.50. The molecule has 0 aromatic carbocycles. The minimum absolute atomic E-state index is 0.253. The van der Waals surface area contributed by atoms with E-state index in [0.717, 1.165) is 23.0 Å². The van der Waals surface area contributed by atoms with Crippen LogP contribution in [0.2, 0.25) is 4.44 Å². The third-order valence-corrected chi connectivity index (χ3v) is 15.8. The summed E-state index contributed by atoms with van der Waals surface area (Å²) in [7, 11) is 0. The first-order valence-corrected chi connectivity index (χ1v) is 31.1. The van der Waals surface area contributed by atoms with Gasteiger partial charge in [-0.25, -0.2) is 0 Å². The normalized spacial score (nSPS) is 12.4. The molecule has 0 aromatic heterocycles. The van der Waals surface area contributed by atoms with Crippen LogP contribution in [0.5, 0.6) is 0 Å². The average molecular weight is 1050 g/mol. The van der Waals surface area contributed by atoms with Gasteiger partial charge in [-0.3, -0.25) is 19.2 Å². The van der Waals surface area contributed by atoms with Gasteiger partial charge in [-0.1, -0.05) is 132 Å². The molecule has 0 bridgehead atoms. The van der Waals surface area contributed by atoms with Crippen LogP contribution in [-0.4, -0.2) is 113 Å². The monoisotopic (exact) mass is 1050 g/mol. The first kappa shape index (κ1) is 70.1. The maximum atomic E-state index is 10.3. The van der Waals surface area contributed by atoms with E-state index < -0.39 is 23.9 Å². The van der Waals surface area contributed by atoms with Gasteiger partial charge in [0.15, 0.2) is 0 Å². The van der Waals surface area contributed by atoms with E-state index in [1.54, 1.807) is 47.0 Å². The third kappa shape index (κ3) is 69.3. The van der Waals surface area contributed by atoms with Crippen molar-refractivity contribution in [2.45, 2.75) is 208 Å². The van der Waals surface area contributed by atoms with Gasteiger partial charge in [-0.15, -0.1) is 47.0 Å². The summed E-state index contributed by atoms with van der Waals surface area (Å²) >= 11 is 7.64. The topological polar surface area (TPSA) is 149 Å². The van der Waals surface area contributed by atoms with E-state index in [-0.39, 0.29) is 23.0 Å². The number of aliphatic carboxylic acids is 4. The Morgan fingerprint density at radius 3 is 0.754 bits per heavy atom. The molecule has 0 saturated carbocycles. The number of carboxylic acids is 4. The molecule has 366 valence electrons. The zero-order valence-corrected chi connectivity index (χ0v) is 47.4. The van der Waals surface area contributed by atoms with Crippen LogP contribution in [0.1, 0.15) is 204 Å². The van der Waals surface area contributed by atoms with E-state index in [1.807, 2.05) is 0 Å². The fourth-order valence-electron chi connectivity index (χ4n) is 5.77. The molecule has 13 heteroatoms. The summed E-state index contributed by atoms with van der Waals surface area (Å²) in [5.41, 5.74) is 0. The Morgan fingerprint density at radius 1 is 0.361 bits per heavy atom. The van der Waals surface area contributed by atoms with E-state index in [1.165, 1.54) is 168 Å². The van der Waals surface area contributed by atoms with Gasteiger partial charge < -0.3 is 20.4 Å². The van der Waals surface area contributed by atoms with Gasteiger partial charge in [0.1, 0.15) is 0 Å². The zero-order chi connectivity index (χ0) is 47.4. The fourth-order valence-corrected chi connectivity index (χ4v) is 10.7. The van der Waals surface area contributed by atoms with Gasteiger partial charge in [0.05, 0.1) is 23.0 Å². The average Bonchev–Trinajstić information content (AvgIpc) is 3.23. The summed E-state index contributed by atoms with van der Waals surface area (Å²) in [6, 6.07) is 0. The van der Waals surface area contributed by atoms with Crippen LogP contribution in [0.4, 0.5) is 0 Å². The van der Waals surface area contributed by atoms with Crippen LogP contribution in [0, 0.1) is 23.7 Å². The molecule has 2 radical (unpaired) electrons. The van der Waals surface area contributed by atoms with Crippen LogP contribution in [0.3, 0.4) is 0 Å². The van der Waals surface area contributed by atoms with Crippen molar-refractivity contribution in [2.75, 3.05) is 46.0 Å². The summed E-state index contributed by atoms with van der Waals surface area (Å²) in [5.74, 6) is 5.08. The quantitative estimate of drug-likeness (QED) is 0.0344. The van der Waals surface area contributed by atoms with E-state index >= 15 is 0 Å². The molecule has 4 atom stereocenters. The molecule has 0 heterocycles. The molecule has 8 nitrogen and oxygen atoms in total. The molecule has 0 amide bonds. The molecule has 61 heavy (non-hydrogen) atoms. The Bertz CT molecular complexity index is 785. The third-order valence-electron chi connectivity index (χ3n) is 10.0. The summed E-state index contributed by atoms with van der Waals surface area (Å²) in [6.45, 7) is 19.8. The second kappa shape index (κ2) is 60.1. The summed E-state index contributed by atoms with van der Waals surface area (Å²) in [4.78, 5) is 41.0. The maximum absolute atomic E-state index is 10.3. The molecule has 0 saturated heterocycles. The summed E-state index contributed by atoms with van der Waals surface area (Å²) in [5, 5.41) is 33.8. The predicted octanol–water partition coefficient (Wildman–Crippen LogP) is 14.7. The van der Waals surface area contributed by atoms with Crippen LogP contribution >= 0.6 is 47.0 Å². The van der Waals surface area contributed by atoms with Gasteiger partial charge in [0, 0.05) is 0 Å². The minimum atomic E-state index is -0.699. The molecule has 0 aromatic rings. The van der Waals surface area contributed by atoms with E-state index in [0.29, 0.717) is 23.7 Å². The van der Waals surface area contributed by atoms with E-state index in [9.17, 15) is 19.2 Å². The molecule has 0 spiro atoms. The molecule has 0 aliphatic carbocycles. The molecule has 0 aliphatic heterocycles. The van der Waals surface area contributed by atoms with Crippen molar-refractivity contribution >= 4 is 93.4 Å². The number of thioether (sulfide) groups is 4. The Hall–Kier alpha value is 0.0787. The molecular formula is C48H98O8S4Sn. The standard InChI is InChI=1S/4C10H20O2S.C8H17.Sn.H/c4*1-3-5-6-9(4-2)7-13-8-10(11)12;1-3-5-7-8-6-4-2;;/h4*9H,3-8H2,1-2H3,(H,11,12);1,3-8H2,2H3;;. The van der Waals surface area contributed by atoms with Crippen LogP contribution in [-0.2, 0) is 19.2 Å². The number of carbonyl (C=O) groups is 4. The Morgan fingerprint density at radius 2 is 0.574 bits per heavy atom. The summed E-state index contributed by atoms with van der Waals surface area (Å²) in [6.07, 6.45) is 28.5. The number of carboxylic acid groups (broad SMARTS) is 4. The van der Waals surface area contributed by atoms with Crippen LogP contribution in [0.15, 0.2) is 0 Å². The van der Waals surface area contributed by atoms with Crippen molar-refractivity contribution in [1.82, 2.24) is 0 Å². The van der Waals surface area contributed by atoms with Gasteiger partial charge in [0.25, 0.3) is 0 Å². The second-order valence-electron chi connectivity index (χ2n) is 15.9. The predicted molar refractivity (Wildman–Crippen MR) is 278 cm³/mol. The van der Waals surface area contributed by atoms with Crippen LogP contribution < -0.4 is 0 Å². The first-order chi connectivity index (χ1) is 29.2.